The molecule has 1 aromatic heterocycles. The Morgan fingerprint density at radius 2 is 1.80 bits per heavy atom. The van der Waals surface area contributed by atoms with Gasteiger partial charge in [-0.15, -0.1) is 0 Å². The Morgan fingerprint density at radius 1 is 1.06 bits per heavy atom. The minimum Gasteiger partial charge on any atom is -0.384 e. The van der Waals surface area contributed by atoms with Crippen molar-refractivity contribution in [2.24, 2.45) is 5.92 Å². The first-order chi connectivity index (χ1) is 16.9. The number of hydrogen-bond acceptors (Lipinski definition) is 5. The van der Waals surface area contributed by atoms with Crippen molar-refractivity contribution in [2.75, 3.05) is 12.3 Å². The van der Waals surface area contributed by atoms with Crippen LogP contribution < -0.4 is 21.7 Å². The van der Waals surface area contributed by atoms with Crippen LogP contribution in [0.4, 0.5) is 5.82 Å². The molecule has 3 aromatic rings. The molecule has 1 saturated heterocycles. The smallest absolute Gasteiger partial charge is 0.242 e. The van der Waals surface area contributed by atoms with Crippen molar-refractivity contribution < 1.29 is 9.59 Å². The van der Waals surface area contributed by atoms with Gasteiger partial charge in [0, 0.05) is 12.2 Å². The van der Waals surface area contributed by atoms with E-state index in [1.54, 1.807) is 13.0 Å². The van der Waals surface area contributed by atoms with Crippen LogP contribution in [-0.2, 0) is 22.6 Å². The molecule has 2 heterocycles. The van der Waals surface area contributed by atoms with Gasteiger partial charge in [0.15, 0.2) is 0 Å². The van der Waals surface area contributed by atoms with E-state index >= 15 is 0 Å². The summed E-state index contributed by atoms with van der Waals surface area (Å²) in [5.41, 5.74) is 11.1. The van der Waals surface area contributed by atoms with Gasteiger partial charge in [-0.25, -0.2) is 4.98 Å². The molecule has 2 unspecified atom stereocenters. The number of anilines is 1. The van der Waals surface area contributed by atoms with E-state index in [2.05, 4.69) is 69.5 Å². The molecule has 2 amide bonds. The number of aromatic nitrogens is 1. The zero-order valence-electron chi connectivity index (χ0n) is 20.3. The number of rotatable bonds is 8. The second kappa shape index (κ2) is 11.1. The maximum absolute atomic E-state index is 12.8. The van der Waals surface area contributed by atoms with Crippen molar-refractivity contribution in [2.45, 2.75) is 45.3 Å². The van der Waals surface area contributed by atoms with Crippen molar-refractivity contribution in [3.05, 3.63) is 83.6 Å². The third-order valence-electron chi connectivity index (χ3n) is 6.57. The summed E-state index contributed by atoms with van der Waals surface area (Å²) in [5, 5.41) is 9.05. The summed E-state index contributed by atoms with van der Waals surface area (Å²) in [7, 11) is 0. The van der Waals surface area contributed by atoms with Crippen LogP contribution in [0.3, 0.4) is 0 Å². The quantitative estimate of drug-likeness (QED) is 0.404. The van der Waals surface area contributed by atoms with E-state index < -0.39 is 6.04 Å². The number of nitrogens with two attached hydrogens (primary N) is 1. The fourth-order valence-corrected chi connectivity index (χ4v) is 4.58. The third kappa shape index (κ3) is 6.25. The van der Waals surface area contributed by atoms with E-state index in [1.165, 1.54) is 16.7 Å². The number of carbonyl (C=O) groups excluding carboxylic acids is 2. The van der Waals surface area contributed by atoms with Gasteiger partial charge in [-0.3, -0.25) is 9.59 Å². The highest BCUT2D eigenvalue weighted by molar-refractivity contribution is 5.89. The summed E-state index contributed by atoms with van der Waals surface area (Å²) in [6.45, 7) is 4.65. The number of aryl methyl sites for hydroxylation is 1. The van der Waals surface area contributed by atoms with Crippen LogP contribution in [0.25, 0.3) is 11.1 Å². The number of nitrogens with zero attached hydrogens (tertiary/aromatic N) is 1. The second-order valence-electron chi connectivity index (χ2n) is 9.22. The van der Waals surface area contributed by atoms with Crippen LogP contribution in [0.15, 0.2) is 66.7 Å². The van der Waals surface area contributed by atoms with E-state index in [0.717, 1.165) is 30.6 Å². The molecular formula is C28H33N5O2. The number of pyridine rings is 1. The largest absolute Gasteiger partial charge is 0.384 e. The maximum atomic E-state index is 12.8. The summed E-state index contributed by atoms with van der Waals surface area (Å²) in [6, 6.07) is 21.4. The molecular weight excluding hydrogens is 438 g/mol. The summed E-state index contributed by atoms with van der Waals surface area (Å²) < 4.78 is 0. The zero-order chi connectivity index (χ0) is 24.8. The van der Waals surface area contributed by atoms with Crippen LogP contribution in [0, 0.1) is 12.8 Å². The number of nitrogen functional groups attached to an aromatic ring is 1. The van der Waals surface area contributed by atoms with Crippen LogP contribution in [0.1, 0.15) is 30.2 Å². The average Bonchev–Trinajstić information content (AvgIpc) is 3.33. The number of benzene rings is 2. The molecule has 0 saturated carbocycles. The Hall–Kier alpha value is -3.71. The first-order valence-electron chi connectivity index (χ1n) is 12.1. The van der Waals surface area contributed by atoms with Crippen molar-refractivity contribution in [3.63, 3.8) is 0 Å². The second-order valence-corrected chi connectivity index (χ2v) is 9.22. The van der Waals surface area contributed by atoms with Crippen LogP contribution >= 0.6 is 0 Å². The predicted molar refractivity (Wildman–Crippen MR) is 138 cm³/mol. The summed E-state index contributed by atoms with van der Waals surface area (Å²) in [5.74, 6) is 0.419. The van der Waals surface area contributed by atoms with Crippen molar-refractivity contribution >= 4 is 17.6 Å². The van der Waals surface area contributed by atoms with Crippen LogP contribution in [-0.4, -0.2) is 35.4 Å². The lowest BCUT2D eigenvalue weighted by atomic mass is 9.91. The van der Waals surface area contributed by atoms with Gasteiger partial charge in [-0.1, -0.05) is 60.7 Å². The first-order valence-corrected chi connectivity index (χ1v) is 12.1. The minimum absolute atomic E-state index is 0.142. The van der Waals surface area contributed by atoms with E-state index in [4.69, 9.17) is 5.73 Å². The molecule has 3 atom stereocenters. The van der Waals surface area contributed by atoms with Crippen molar-refractivity contribution in [1.29, 1.82) is 0 Å². The zero-order valence-corrected chi connectivity index (χ0v) is 20.3. The molecule has 0 spiro atoms. The number of nitrogens with one attached hydrogen (secondary N) is 3. The fourth-order valence-electron chi connectivity index (χ4n) is 4.58. The number of hydrogen-bond donors (Lipinski definition) is 4. The molecule has 7 nitrogen and oxygen atoms in total. The molecule has 7 heteroatoms. The van der Waals surface area contributed by atoms with Gasteiger partial charge in [0.1, 0.15) is 11.9 Å². The first kappa shape index (κ1) is 24.4. The Labute approximate surface area is 206 Å². The molecule has 35 heavy (non-hydrogen) atoms. The predicted octanol–water partition coefficient (Wildman–Crippen LogP) is 2.98. The molecule has 5 N–H and O–H groups in total. The maximum Gasteiger partial charge on any atom is 0.242 e. The molecule has 2 aromatic carbocycles. The SMILES string of the molecule is Cc1nc(N)ccc1CNC(=O)[C@H](C)NC(=O)C1CC(Cc2ccccc2-c2ccccc2)CN1. The monoisotopic (exact) mass is 471 g/mol. The van der Waals surface area contributed by atoms with E-state index in [9.17, 15) is 9.59 Å². The van der Waals surface area contributed by atoms with E-state index in [1.807, 2.05) is 19.1 Å². The number of amides is 2. The average molecular weight is 472 g/mol. The van der Waals surface area contributed by atoms with Crippen molar-refractivity contribution in [1.82, 2.24) is 20.9 Å². The van der Waals surface area contributed by atoms with Gasteiger partial charge in [-0.2, -0.15) is 0 Å². The van der Waals surface area contributed by atoms with E-state index in [0.29, 0.717) is 18.3 Å². The summed E-state index contributed by atoms with van der Waals surface area (Å²) in [4.78, 5) is 29.6. The Kier molecular flexibility index (Phi) is 7.77. The number of carbonyl (C=O) groups is 2. The highest BCUT2D eigenvalue weighted by Gasteiger charge is 2.31. The van der Waals surface area contributed by atoms with Gasteiger partial charge < -0.3 is 21.7 Å². The van der Waals surface area contributed by atoms with Crippen molar-refractivity contribution in [3.8, 4) is 11.1 Å². The van der Waals surface area contributed by atoms with Gasteiger partial charge in [-0.05, 0) is 67.5 Å². The summed E-state index contributed by atoms with van der Waals surface area (Å²) in [6.07, 6.45) is 1.63. The lowest BCUT2D eigenvalue weighted by Gasteiger charge is -2.18. The third-order valence-corrected chi connectivity index (χ3v) is 6.57. The van der Waals surface area contributed by atoms with Gasteiger partial charge >= 0.3 is 0 Å². The molecule has 1 aliphatic rings. The molecule has 1 aliphatic heterocycles. The topological polar surface area (TPSA) is 109 Å². The van der Waals surface area contributed by atoms with Crippen LogP contribution in [0.5, 0.6) is 0 Å². The molecule has 0 aliphatic carbocycles. The van der Waals surface area contributed by atoms with Gasteiger partial charge in [0.25, 0.3) is 0 Å². The highest BCUT2D eigenvalue weighted by atomic mass is 16.2. The Morgan fingerprint density at radius 3 is 2.57 bits per heavy atom. The fraction of sp³-hybridized carbons (Fsp3) is 0.321. The molecule has 1 fully saturated rings. The van der Waals surface area contributed by atoms with Gasteiger partial charge in [0.05, 0.1) is 6.04 Å². The summed E-state index contributed by atoms with van der Waals surface area (Å²) >= 11 is 0. The van der Waals surface area contributed by atoms with Crippen LogP contribution in [0.2, 0.25) is 0 Å². The molecule has 4 rings (SSSR count). The Bertz CT molecular complexity index is 1180. The lowest BCUT2D eigenvalue weighted by Crippen LogP contribution is -2.50. The van der Waals surface area contributed by atoms with E-state index in [-0.39, 0.29) is 17.9 Å². The molecule has 0 radical (unpaired) electrons. The van der Waals surface area contributed by atoms with Gasteiger partial charge in [0.2, 0.25) is 11.8 Å². The standard InChI is InChI=1S/C28H33N5O2/c1-18-23(12-13-26(29)32-18)17-31-27(34)19(2)33-28(35)25-15-20(16-30-25)14-22-10-6-7-11-24(22)21-8-4-3-5-9-21/h3-13,19-20,25,30H,14-17H2,1-2H3,(H2,29,32)(H,31,34)(H,33,35)/t19-,20?,25?/m0/s1. The molecule has 0 bridgehead atoms. The minimum atomic E-state index is -0.635. The highest BCUT2D eigenvalue weighted by Crippen LogP contribution is 2.28. The lowest BCUT2D eigenvalue weighted by molar-refractivity contribution is -0.129. The Balaban J connectivity index is 1.28. The normalized spacial score (nSPS) is 18.1. The molecule has 182 valence electrons.